The first-order valence-electron chi connectivity index (χ1n) is 7.17. The fourth-order valence-electron chi connectivity index (χ4n) is 2.44. The molecule has 1 N–H and O–H groups in total. The third kappa shape index (κ3) is 5.19. The van der Waals surface area contributed by atoms with Crippen molar-refractivity contribution in [3.8, 4) is 10.7 Å². The lowest BCUT2D eigenvalue weighted by Crippen LogP contribution is -2.37. The minimum atomic E-state index is 0.253. The first kappa shape index (κ1) is 16.1. The van der Waals surface area contributed by atoms with Crippen LogP contribution in [0.5, 0.6) is 0 Å². The summed E-state index contributed by atoms with van der Waals surface area (Å²) in [4.78, 5) is 11.2. The van der Waals surface area contributed by atoms with Gasteiger partial charge in [-0.2, -0.15) is 0 Å². The van der Waals surface area contributed by atoms with Crippen molar-refractivity contribution in [2.45, 2.75) is 20.4 Å². The molecule has 0 atom stereocenters. The molecule has 0 unspecified atom stereocenters. The van der Waals surface area contributed by atoms with E-state index in [0.717, 1.165) is 36.0 Å². The SMILES string of the molecule is CN(C)CC(C)(C)CNCc1csc(-c2ccccn2)n1. The Morgan fingerprint density at radius 2 is 2.10 bits per heavy atom. The summed E-state index contributed by atoms with van der Waals surface area (Å²) in [5.41, 5.74) is 2.28. The Morgan fingerprint density at radius 1 is 1.29 bits per heavy atom. The largest absolute Gasteiger partial charge is 0.311 e. The molecular formula is C16H24N4S. The van der Waals surface area contributed by atoms with E-state index < -0.39 is 0 Å². The molecule has 21 heavy (non-hydrogen) atoms. The third-order valence-corrected chi connectivity index (χ3v) is 4.00. The quantitative estimate of drug-likeness (QED) is 0.854. The normalized spacial score (nSPS) is 12.0. The smallest absolute Gasteiger partial charge is 0.142 e. The summed E-state index contributed by atoms with van der Waals surface area (Å²) in [6.45, 7) is 7.40. The summed E-state index contributed by atoms with van der Waals surface area (Å²) < 4.78 is 0. The number of nitrogens with one attached hydrogen (secondary N) is 1. The Bertz CT molecular complexity index is 548. The number of hydrogen-bond acceptors (Lipinski definition) is 5. The Morgan fingerprint density at radius 3 is 2.76 bits per heavy atom. The van der Waals surface area contributed by atoms with Gasteiger partial charge in [-0.05, 0) is 31.6 Å². The lowest BCUT2D eigenvalue weighted by molar-refractivity contribution is 0.232. The number of thiazole rings is 1. The van der Waals surface area contributed by atoms with Crippen molar-refractivity contribution >= 4 is 11.3 Å². The van der Waals surface area contributed by atoms with Crippen molar-refractivity contribution in [1.29, 1.82) is 0 Å². The molecule has 0 radical (unpaired) electrons. The van der Waals surface area contributed by atoms with E-state index in [0.29, 0.717) is 0 Å². The number of hydrogen-bond donors (Lipinski definition) is 1. The second-order valence-electron chi connectivity index (χ2n) is 6.36. The van der Waals surface area contributed by atoms with Gasteiger partial charge in [-0.15, -0.1) is 11.3 Å². The molecule has 0 spiro atoms. The molecule has 2 aromatic rings. The monoisotopic (exact) mass is 304 g/mol. The molecule has 114 valence electrons. The second kappa shape index (κ2) is 7.11. The summed E-state index contributed by atoms with van der Waals surface area (Å²) in [6.07, 6.45) is 1.80. The highest BCUT2D eigenvalue weighted by Gasteiger charge is 2.18. The van der Waals surface area contributed by atoms with Crippen LogP contribution in [0.15, 0.2) is 29.8 Å². The Kier molecular flexibility index (Phi) is 5.45. The maximum atomic E-state index is 4.64. The minimum absolute atomic E-state index is 0.253. The third-order valence-electron chi connectivity index (χ3n) is 3.09. The second-order valence-corrected chi connectivity index (χ2v) is 7.22. The van der Waals surface area contributed by atoms with Gasteiger partial charge in [0.2, 0.25) is 0 Å². The lowest BCUT2D eigenvalue weighted by Gasteiger charge is -2.28. The average molecular weight is 304 g/mol. The van der Waals surface area contributed by atoms with Crippen LogP contribution < -0.4 is 5.32 Å². The van der Waals surface area contributed by atoms with Crippen molar-refractivity contribution in [1.82, 2.24) is 20.2 Å². The fraction of sp³-hybridized carbons (Fsp3) is 0.500. The van der Waals surface area contributed by atoms with E-state index in [1.165, 1.54) is 0 Å². The zero-order chi connectivity index (χ0) is 15.3. The molecule has 0 saturated carbocycles. The molecule has 0 aliphatic heterocycles. The first-order valence-corrected chi connectivity index (χ1v) is 8.05. The minimum Gasteiger partial charge on any atom is -0.311 e. The molecule has 0 bridgehead atoms. The predicted octanol–water partition coefficient (Wildman–Crippen LogP) is 2.88. The van der Waals surface area contributed by atoms with Crippen molar-refractivity contribution < 1.29 is 0 Å². The molecule has 2 aromatic heterocycles. The van der Waals surface area contributed by atoms with E-state index in [2.05, 4.69) is 53.5 Å². The van der Waals surface area contributed by atoms with Crippen LogP contribution in [-0.2, 0) is 6.54 Å². The Balaban J connectivity index is 1.86. The van der Waals surface area contributed by atoms with Crippen LogP contribution in [0.4, 0.5) is 0 Å². The van der Waals surface area contributed by atoms with Crippen LogP contribution in [0.25, 0.3) is 10.7 Å². The van der Waals surface area contributed by atoms with Gasteiger partial charge in [-0.1, -0.05) is 19.9 Å². The van der Waals surface area contributed by atoms with Gasteiger partial charge in [0, 0.05) is 31.2 Å². The molecule has 0 aliphatic carbocycles. The van der Waals surface area contributed by atoms with Crippen molar-refractivity contribution in [3.63, 3.8) is 0 Å². The summed E-state index contributed by atoms with van der Waals surface area (Å²) in [5.74, 6) is 0. The van der Waals surface area contributed by atoms with E-state index in [1.807, 2.05) is 18.2 Å². The van der Waals surface area contributed by atoms with Crippen LogP contribution in [0.2, 0.25) is 0 Å². The highest BCUT2D eigenvalue weighted by Crippen LogP contribution is 2.21. The van der Waals surface area contributed by atoms with E-state index in [-0.39, 0.29) is 5.41 Å². The number of nitrogens with zero attached hydrogens (tertiary/aromatic N) is 3. The fourth-order valence-corrected chi connectivity index (χ4v) is 3.23. The van der Waals surface area contributed by atoms with E-state index in [1.54, 1.807) is 17.5 Å². The molecule has 2 rings (SSSR count). The topological polar surface area (TPSA) is 41.0 Å². The molecule has 5 heteroatoms. The van der Waals surface area contributed by atoms with Gasteiger partial charge in [-0.3, -0.25) is 4.98 Å². The molecule has 0 amide bonds. The lowest BCUT2D eigenvalue weighted by atomic mass is 9.93. The Labute approximate surface area is 131 Å². The van der Waals surface area contributed by atoms with Crippen LogP contribution >= 0.6 is 11.3 Å². The maximum Gasteiger partial charge on any atom is 0.142 e. The summed E-state index contributed by atoms with van der Waals surface area (Å²) in [5, 5.41) is 6.60. The van der Waals surface area contributed by atoms with Crippen LogP contribution in [-0.4, -0.2) is 42.1 Å². The number of rotatable bonds is 7. The molecule has 0 fully saturated rings. The van der Waals surface area contributed by atoms with Crippen molar-refractivity contribution in [2.75, 3.05) is 27.2 Å². The zero-order valence-corrected chi connectivity index (χ0v) is 14.1. The van der Waals surface area contributed by atoms with E-state index >= 15 is 0 Å². The first-order chi connectivity index (χ1) is 9.96. The van der Waals surface area contributed by atoms with Crippen LogP contribution in [0, 0.1) is 5.41 Å². The average Bonchev–Trinajstić information content (AvgIpc) is 2.87. The van der Waals surface area contributed by atoms with Crippen molar-refractivity contribution in [2.24, 2.45) is 5.41 Å². The predicted molar refractivity (Wildman–Crippen MR) is 89.4 cm³/mol. The maximum absolute atomic E-state index is 4.64. The number of pyridine rings is 1. The summed E-state index contributed by atoms with van der Waals surface area (Å²) in [6, 6.07) is 5.91. The molecule has 0 saturated heterocycles. The van der Waals surface area contributed by atoms with Gasteiger partial charge in [0.1, 0.15) is 5.01 Å². The van der Waals surface area contributed by atoms with Gasteiger partial charge >= 0.3 is 0 Å². The van der Waals surface area contributed by atoms with Crippen LogP contribution in [0.3, 0.4) is 0 Å². The van der Waals surface area contributed by atoms with Gasteiger partial charge in [-0.25, -0.2) is 4.98 Å². The summed E-state index contributed by atoms with van der Waals surface area (Å²) >= 11 is 1.65. The highest BCUT2D eigenvalue weighted by atomic mass is 32.1. The highest BCUT2D eigenvalue weighted by molar-refractivity contribution is 7.13. The van der Waals surface area contributed by atoms with E-state index in [4.69, 9.17) is 0 Å². The summed E-state index contributed by atoms with van der Waals surface area (Å²) in [7, 11) is 4.22. The number of aromatic nitrogens is 2. The zero-order valence-electron chi connectivity index (χ0n) is 13.3. The molecule has 4 nitrogen and oxygen atoms in total. The van der Waals surface area contributed by atoms with Gasteiger partial charge < -0.3 is 10.2 Å². The standard InChI is InChI=1S/C16H24N4S/c1-16(2,12-20(3)4)11-17-9-13-10-21-15(19-13)14-7-5-6-8-18-14/h5-8,10,17H,9,11-12H2,1-4H3. The molecule has 2 heterocycles. The molecular weight excluding hydrogens is 280 g/mol. The molecule has 0 aliphatic rings. The van der Waals surface area contributed by atoms with Crippen molar-refractivity contribution in [3.05, 3.63) is 35.5 Å². The van der Waals surface area contributed by atoms with E-state index in [9.17, 15) is 0 Å². The van der Waals surface area contributed by atoms with Gasteiger partial charge in [0.05, 0.1) is 11.4 Å². The van der Waals surface area contributed by atoms with Gasteiger partial charge in [0.15, 0.2) is 0 Å². The Hall–Kier alpha value is -1.30. The van der Waals surface area contributed by atoms with Gasteiger partial charge in [0.25, 0.3) is 0 Å². The van der Waals surface area contributed by atoms with Crippen LogP contribution in [0.1, 0.15) is 19.5 Å². The molecule has 0 aromatic carbocycles.